The number of carbonyl (C=O) groups is 1. The number of hydrogen-bond donors (Lipinski definition) is 1. The van der Waals surface area contributed by atoms with Crippen molar-refractivity contribution in [1.82, 2.24) is 4.90 Å². The number of thiophene rings is 1. The predicted octanol–water partition coefficient (Wildman–Crippen LogP) is 4.44. The lowest BCUT2D eigenvalue weighted by atomic mass is 9.78. The lowest BCUT2D eigenvalue weighted by molar-refractivity contribution is -0.915. The van der Waals surface area contributed by atoms with Gasteiger partial charge in [0, 0.05) is 25.3 Å². The second-order valence-corrected chi connectivity index (χ2v) is 10.8. The van der Waals surface area contributed by atoms with Crippen molar-refractivity contribution in [3.63, 3.8) is 0 Å². The third-order valence-electron chi connectivity index (χ3n) is 7.72. The van der Waals surface area contributed by atoms with Gasteiger partial charge in [-0.3, -0.25) is 4.79 Å². The molecular formula is C26H37N2O2S+. The molecular weight excluding hydrogens is 404 g/mol. The smallest absolute Gasteiger partial charge is 0.259 e. The average Bonchev–Trinajstić information content (AvgIpc) is 3.52. The number of quaternary nitrogens is 1. The third kappa shape index (κ3) is 4.74. The molecule has 1 aliphatic heterocycles. The van der Waals surface area contributed by atoms with Gasteiger partial charge in [0.2, 0.25) is 0 Å². The molecule has 168 valence electrons. The SMILES string of the molecule is C[N+](C)(CCc1ccsc1)C1CCCN(C(=O)C(O)(c2ccccc2)C2CCCC2)C1. The molecule has 1 amide bonds. The number of aliphatic hydroxyl groups is 1. The van der Waals surface area contributed by atoms with Gasteiger partial charge in [0.25, 0.3) is 5.91 Å². The van der Waals surface area contributed by atoms with Crippen LogP contribution in [0.2, 0.25) is 0 Å². The summed E-state index contributed by atoms with van der Waals surface area (Å²) in [5, 5.41) is 16.3. The Labute approximate surface area is 191 Å². The summed E-state index contributed by atoms with van der Waals surface area (Å²) in [6.45, 7) is 2.55. The van der Waals surface area contributed by atoms with E-state index >= 15 is 0 Å². The largest absolute Gasteiger partial charge is 0.375 e. The van der Waals surface area contributed by atoms with Crippen LogP contribution in [0.3, 0.4) is 0 Å². The van der Waals surface area contributed by atoms with Crippen LogP contribution in [0.1, 0.15) is 49.7 Å². The predicted molar refractivity (Wildman–Crippen MR) is 127 cm³/mol. The first kappa shape index (κ1) is 22.5. The van der Waals surface area contributed by atoms with Gasteiger partial charge in [0.1, 0.15) is 6.04 Å². The Balaban J connectivity index is 1.51. The van der Waals surface area contributed by atoms with Crippen molar-refractivity contribution in [3.05, 3.63) is 58.3 Å². The summed E-state index contributed by atoms with van der Waals surface area (Å²) in [6, 6.07) is 12.3. The standard InChI is InChI=1S/C26H37N2O2S/c1-28(2,17-14-21-15-18-31-20-21)24-13-8-16-27(19-24)25(29)26(30,23-11-6-7-12-23)22-9-4-3-5-10-22/h3-5,9-10,15,18,20,23-24,30H,6-8,11-14,16-17,19H2,1-2H3/q+1. The van der Waals surface area contributed by atoms with Crippen LogP contribution in [0.25, 0.3) is 0 Å². The minimum atomic E-state index is -1.40. The van der Waals surface area contributed by atoms with Gasteiger partial charge in [-0.1, -0.05) is 43.2 Å². The van der Waals surface area contributed by atoms with Gasteiger partial charge in [-0.15, -0.1) is 0 Å². The molecule has 1 N–H and O–H groups in total. The van der Waals surface area contributed by atoms with E-state index in [1.54, 1.807) is 11.3 Å². The van der Waals surface area contributed by atoms with Crippen LogP contribution in [0.5, 0.6) is 0 Å². The molecule has 4 rings (SSSR count). The number of likely N-dealkylation sites (N-methyl/N-ethyl adjacent to an activating group) is 1. The Hall–Kier alpha value is -1.69. The molecule has 1 aromatic heterocycles. The quantitative estimate of drug-likeness (QED) is 0.646. The maximum absolute atomic E-state index is 13.9. The highest BCUT2D eigenvalue weighted by Gasteiger charge is 2.49. The van der Waals surface area contributed by atoms with Crippen molar-refractivity contribution < 1.29 is 14.4 Å². The van der Waals surface area contributed by atoms with Gasteiger partial charge < -0.3 is 14.5 Å². The zero-order valence-corrected chi connectivity index (χ0v) is 19.8. The molecule has 1 saturated carbocycles. The number of rotatable bonds is 7. The van der Waals surface area contributed by atoms with Crippen LogP contribution in [0, 0.1) is 5.92 Å². The average molecular weight is 442 g/mol. The van der Waals surface area contributed by atoms with Crippen molar-refractivity contribution in [2.75, 3.05) is 33.7 Å². The topological polar surface area (TPSA) is 40.5 Å². The molecule has 2 aromatic rings. The molecule has 31 heavy (non-hydrogen) atoms. The number of piperidine rings is 1. The summed E-state index contributed by atoms with van der Waals surface area (Å²) in [4.78, 5) is 15.9. The van der Waals surface area contributed by atoms with E-state index in [0.29, 0.717) is 6.04 Å². The first-order chi connectivity index (χ1) is 14.9. The Bertz CT molecular complexity index is 846. The van der Waals surface area contributed by atoms with Gasteiger partial charge in [0.05, 0.1) is 27.2 Å². The van der Waals surface area contributed by atoms with E-state index in [4.69, 9.17) is 0 Å². The Morgan fingerprint density at radius 1 is 1.13 bits per heavy atom. The molecule has 1 aliphatic carbocycles. The van der Waals surface area contributed by atoms with E-state index in [-0.39, 0.29) is 11.8 Å². The first-order valence-electron chi connectivity index (χ1n) is 11.8. The minimum Gasteiger partial charge on any atom is -0.375 e. The van der Waals surface area contributed by atoms with Gasteiger partial charge >= 0.3 is 0 Å². The van der Waals surface area contributed by atoms with Gasteiger partial charge in [-0.25, -0.2) is 0 Å². The van der Waals surface area contributed by atoms with Crippen molar-refractivity contribution in [3.8, 4) is 0 Å². The maximum Gasteiger partial charge on any atom is 0.259 e. The molecule has 2 unspecified atom stereocenters. The first-order valence-corrected chi connectivity index (χ1v) is 12.8. The monoisotopic (exact) mass is 441 g/mol. The normalized spacial score (nSPS) is 22.4. The van der Waals surface area contributed by atoms with Crippen LogP contribution in [-0.2, 0) is 16.8 Å². The van der Waals surface area contributed by atoms with Gasteiger partial charge in [0.15, 0.2) is 5.60 Å². The van der Waals surface area contributed by atoms with E-state index in [9.17, 15) is 9.90 Å². The van der Waals surface area contributed by atoms with Crippen LogP contribution >= 0.6 is 11.3 Å². The molecule has 0 spiro atoms. The summed E-state index contributed by atoms with van der Waals surface area (Å²) in [5.74, 6) is -0.0583. The molecule has 4 nitrogen and oxygen atoms in total. The Kier molecular flexibility index (Phi) is 6.85. The second kappa shape index (κ2) is 9.43. The summed E-state index contributed by atoms with van der Waals surface area (Å²) in [6.07, 6.45) is 7.26. The molecule has 0 radical (unpaired) electrons. The molecule has 2 atom stereocenters. The van der Waals surface area contributed by atoms with Crippen LogP contribution in [0.4, 0.5) is 0 Å². The third-order valence-corrected chi connectivity index (χ3v) is 8.45. The van der Waals surface area contributed by atoms with Crippen LogP contribution in [-0.4, -0.2) is 60.2 Å². The van der Waals surface area contributed by atoms with Crippen molar-refractivity contribution in [2.24, 2.45) is 5.92 Å². The fraction of sp³-hybridized carbons (Fsp3) is 0.577. The van der Waals surface area contributed by atoms with Crippen molar-refractivity contribution in [1.29, 1.82) is 0 Å². The van der Waals surface area contributed by atoms with E-state index in [0.717, 1.165) is 74.6 Å². The summed E-state index contributed by atoms with van der Waals surface area (Å²) >= 11 is 1.76. The summed E-state index contributed by atoms with van der Waals surface area (Å²) in [7, 11) is 4.59. The molecule has 2 aliphatic rings. The number of nitrogens with zero attached hydrogens (tertiary/aromatic N) is 2. The van der Waals surface area contributed by atoms with Crippen molar-refractivity contribution in [2.45, 2.75) is 56.6 Å². The number of likely N-dealkylation sites (tertiary alicyclic amines) is 1. The van der Waals surface area contributed by atoms with E-state index in [2.05, 4.69) is 30.9 Å². The zero-order valence-electron chi connectivity index (χ0n) is 19.0. The Morgan fingerprint density at radius 2 is 1.87 bits per heavy atom. The second-order valence-electron chi connectivity index (χ2n) is 10.0. The Morgan fingerprint density at radius 3 is 2.55 bits per heavy atom. The number of benzene rings is 1. The van der Waals surface area contributed by atoms with Crippen molar-refractivity contribution >= 4 is 17.2 Å². The fourth-order valence-corrected chi connectivity index (χ4v) is 6.26. The number of carbonyl (C=O) groups excluding carboxylic acids is 1. The lowest BCUT2D eigenvalue weighted by Crippen LogP contribution is -2.60. The summed E-state index contributed by atoms with van der Waals surface area (Å²) < 4.78 is 0.910. The van der Waals surface area contributed by atoms with Gasteiger partial charge in [-0.2, -0.15) is 11.3 Å². The van der Waals surface area contributed by atoms with E-state index < -0.39 is 5.60 Å². The molecule has 2 heterocycles. The minimum absolute atomic E-state index is 0.0175. The van der Waals surface area contributed by atoms with E-state index in [1.807, 2.05) is 35.2 Å². The van der Waals surface area contributed by atoms with E-state index in [1.165, 1.54) is 5.56 Å². The molecule has 1 saturated heterocycles. The molecule has 5 heteroatoms. The number of amides is 1. The highest BCUT2D eigenvalue weighted by atomic mass is 32.1. The molecule has 0 bridgehead atoms. The van der Waals surface area contributed by atoms with Gasteiger partial charge in [-0.05, 0) is 47.2 Å². The number of hydrogen-bond acceptors (Lipinski definition) is 3. The van der Waals surface area contributed by atoms with Crippen LogP contribution < -0.4 is 0 Å². The molecule has 1 aromatic carbocycles. The maximum atomic E-state index is 13.9. The highest BCUT2D eigenvalue weighted by Crippen LogP contribution is 2.42. The zero-order chi connectivity index (χ0) is 21.9. The van der Waals surface area contributed by atoms with Crippen LogP contribution in [0.15, 0.2) is 47.2 Å². The lowest BCUT2D eigenvalue weighted by Gasteiger charge is -2.46. The molecule has 2 fully saturated rings. The summed E-state index contributed by atoms with van der Waals surface area (Å²) in [5.41, 5.74) is 0.771. The highest BCUT2D eigenvalue weighted by molar-refractivity contribution is 7.07. The fourth-order valence-electron chi connectivity index (χ4n) is 5.56.